The maximum absolute atomic E-state index is 9.60. The van der Waals surface area contributed by atoms with E-state index in [0.717, 1.165) is 25.9 Å². The predicted octanol–water partition coefficient (Wildman–Crippen LogP) is 2.58. The standard InChI is InChI=1S/C14H26ClN5O/c1-5-14(6-2,10-21)9-16-12-17-11(15)18-13(19-12)20(7-3)8-4/h21H,5-10H2,1-4H3,(H,16,17,18,19). The van der Waals surface area contributed by atoms with Crippen molar-refractivity contribution in [1.82, 2.24) is 15.0 Å². The van der Waals surface area contributed by atoms with Crippen LogP contribution in [0, 0.1) is 5.41 Å². The molecule has 0 aromatic carbocycles. The Morgan fingerprint density at radius 1 is 1.10 bits per heavy atom. The summed E-state index contributed by atoms with van der Waals surface area (Å²) in [5.41, 5.74) is -0.158. The van der Waals surface area contributed by atoms with Crippen molar-refractivity contribution in [3.05, 3.63) is 5.28 Å². The lowest BCUT2D eigenvalue weighted by Crippen LogP contribution is -2.33. The maximum atomic E-state index is 9.60. The Morgan fingerprint density at radius 2 is 1.71 bits per heavy atom. The molecule has 0 saturated heterocycles. The summed E-state index contributed by atoms with van der Waals surface area (Å²) < 4.78 is 0. The van der Waals surface area contributed by atoms with E-state index in [9.17, 15) is 5.11 Å². The monoisotopic (exact) mass is 315 g/mol. The van der Waals surface area contributed by atoms with E-state index in [-0.39, 0.29) is 17.3 Å². The number of aliphatic hydroxyl groups is 1. The molecule has 0 aliphatic heterocycles. The summed E-state index contributed by atoms with van der Waals surface area (Å²) in [5.74, 6) is 1.03. The van der Waals surface area contributed by atoms with E-state index in [1.54, 1.807) is 0 Å². The quantitative estimate of drug-likeness (QED) is 0.729. The molecule has 7 heteroatoms. The van der Waals surface area contributed by atoms with Gasteiger partial charge in [-0.05, 0) is 38.3 Å². The Bertz CT molecular complexity index is 427. The molecule has 1 rings (SSSR count). The Hall–Kier alpha value is -1.14. The molecule has 0 saturated carbocycles. The first-order valence-electron chi connectivity index (χ1n) is 7.55. The van der Waals surface area contributed by atoms with Gasteiger partial charge in [0.05, 0.1) is 6.61 Å². The minimum absolute atomic E-state index is 0.134. The highest BCUT2D eigenvalue weighted by molar-refractivity contribution is 6.28. The minimum Gasteiger partial charge on any atom is -0.396 e. The van der Waals surface area contributed by atoms with Crippen LogP contribution in [-0.2, 0) is 0 Å². The second kappa shape index (κ2) is 8.34. The van der Waals surface area contributed by atoms with E-state index >= 15 is 0 Å². The Balaban J connectivity index is 2.89. The molecule has 0 fully saturated rings. The Morgan fingerprint density at radius 3 is 2.19 bits per heavy atom. The molecule has 0 aliphatic carbocycles. The topological polar surface area (TPSA) is 74.2 Å². The van der Waals surface area contributed by atoms with E-state index in [2.05, 4.69) is 34.1 Å². The number of aromatic nitrogens is 3. The average Bonchev–Trinajstić information content (AvgIpc) is 2.50. The van der Waals surface area contributed by atoms with Gasteiger partial charge < -0.3 is 15.3 Å². The largest absolute Gasteiger partial charge is 0.396 e. The third-order valence-electron chi connectivity index (χ3n) is 4.10. The SMILES string of the molecule is CCN(CC)c1nc(Cl)nc(NCC(CC)(CC)CO)n1. The number of nitrogens with zero attached hydrogens (tertiary/aromatic N) is 4. The van der Waals surface area contributed by atoms with E-state index in [1.165, 1.54) is 0 Å². The van der Waals surface area contributed by atoms with Gasteiger partial charge >= 0.3 is 0 Å². The molecule has 120 valence electrons. The highest BCUT2D eigenvalue weighted by atomic mass is 35.5. The first-order valence-corrected chi connectivity index (χ1v) is 7.93. The zero-order valence-corrected chi connectivity index (χ0v) is 14.1. The molecule has 0 unspecified atom stereocenters. The van der Waals surface area contributed by atoms with Crippen molar-refractivity contribution < 1.29 is 5.11 Å². The molecule has 1 aromatic heterocycles. The van der Waals surface area contributed by atoms with Crippen molar-refractivity contribution in [3.8, 4) is 0 Å². The van der Waals surface area contributed by atoms with Crippen LogP contribution in [0.4, 0.5) is 11.9 Å². The summed E-state index contributed by atoms with van der Waals surface area (Å²) >= 11 is 5.98. The van der Waals surface area contributed by atoms with Gasteiger partial charge in [-0.15, -0.1) is 0 Å². The second-order valence-electron chi connectivity index (χ2n) is 5.12. The maximum Gasteiger partial charge on any atom is 0.231 e. The lowest BCUT2D eigenvalue weighted by Gasteiger charge is -2.29. The Labute approximate surface area is 132 Å². The highest BCUT2D eigenvalue weighted by Gasteiger charge is 2.25. The summed E-state index contributed by atoms with van der Waals surface area (Å²) in [4.78, 5) is 14.7. The Kier molecular flexibility index (Phi) is 7.11. The fourth-order valence-corrected chi connectivity index (χ4v) is 2.27. The van der Waals surface area contributed by atoms with Crippen molar-refractivity contribution in [2.24, 2.45) is 5.41 Å². The molecule has 0 atom stereocenters. The van der Waals surface area contributed by atoms with Crippen molar-refractivity contribution in [2.75, 3.05) is 36.5 Å². The molecule has 0 spiro atoms. The van der Waals surface area contributed by atoms with Crippen LogP contribution in [0.15, 0.2) is 0 Å². The molecule has 1 aromatic rings. The van der Waals surface area contributed by atoms with E-state index in [4.69, 9.17) is 11.6 Å². The number of nitrogens with one attached hydrogen (secondary N) is 1. The van der Waals surface area contributed by atoms with Crippen LogP contribution in [0.25, 0.3) is 0 Å². The van der Waals surface area contributed by atoms with Gasteiger partial charge in [0.25, 0.3) is 0 Å². The van der Waals surface area contributed by atoms with Gasteiger partial charge in [-0.2, -0.15) is 15.0 Å². The van der Waals surface area contributed by atoms with Gasteiger partial charge in [-0.3, -0.25) is 0 Å². The number of hydrogen-bond donors (Lipinski definition) is 2. The highest BCUT2D eigenvalue weighted by Crippen LogP contribution is 2.26. The molecule has 0 amide bonds. The molecular weight excluding hydrogens is 290 g/mol. The van der Waals surface area contributed by atoms with Gasteiger partial charge in [-0.25, -0.2) is 0 Å². The zero-order valence-electron chi connectivity index (χ0n) is 13.4. The number of rotatable bonds is 9. The lowest BCUT2D eigenvalue weighted by molar-refractivity contribution is 0.127. The molecule has 21 heavy (non-hydrogen) atoms. The molecule has 2 N–H and O–H groups in total. The van der Waals surface area contributed by atoms with Crippen molar-refractivity contribution in [3.63, 3.8) is 0 Å². The van der Waals surface area contributed by atoms with E-state index in [0.29, 0.717) is 18.4 Å². The summed E-state index contributed by atoms with van der Waals surface area (Å²) in [6.45, 7) is 10.6. The number of anilines is 2. The molecule has 0 radical (unpaired) electrons. The van der Waals surface area contributed by atoms with Crippen molar-refractivity contribution >= 4 is 23.5 Å². The van der Waals surface area contributed by atoms with Gasteiger partial charge in [-0.1, -0.05) is 13.8 Å². The van der Waals surface area contributed by atoms with Gasteiger partial charge in [0.15, 0.2) is 0 Å². The van der Waals surface area contributed by atoms with Crippen LogP contribution >= 0.6 is 11.6 Å². The average molecular weight is 316 g/mol. The number of aliphatic hydroxyl groups excluding tert-OH is 1. The molecule has 0 aliphatic rings. The fourth-order valence-electron chi connectivity index (χ4n) is 2.11. The third-order valence-corrected chi connectivity index (χ3v) is 4.27. The van der Waals surface area contributed by atoms with E-state index < -0.39 is 0 Å². The molecular formula is C14H26ClN5O. The van der Waals surface area contributed by atoms with Gasteiger partial charge in [0, 0.05) is 25.0 Å². The smallest absolute Gasteiger partial charge is 0.231 e. The first kappa shape index (κ1) is 17.9. The van der Waals surface area contributed by atoms with Gasteiger partial charge in [0.2, 0.25) is 17.2 Å². The predicted molar refractivity (Wildman–Crippen MR) is 87.0 cm³/mol. The van der Waals surface area contributed by atoms with Crippen LogP contribution in [-0.4, -0.2) is 46.3 Å². The fraction of sp³-hybridized carbons (Fsp3) is 0.786. The van der Waals surface area contributed by atoms with Gasteiger partial charge in [0.1, 0.15) is 0 Å². The third kappa shape index (κ3) is 4.68. The summed E-state index contributed by atoms with van der Waals surface area (Å²) in [7, 11) is 0. The molecule has 1 heterocycles. The van der Waals surface area contributed by atoms with Crippen molar-refractivity contribution in [2.45, 2.75) is 40.5 Å². The lowest BCUT2D eigenvalue weighted by atomic mass is 9.83. The minimum atomic E-state index is -0.158. The molecule has 0 bridgehead atoms. The first-order chi connectivity index (χ1) is 10.0. The second-order valence-corrected chi connectivity index (χ2v) is 5.46. The molecule has 6 nitrogen and oxygen atoms in total. The number of hydrogen-bond acceptors (Lipinski definition) is 6. The van der Waals surface area contributed by atoms with Crippen LogP contribution in [0.3, 0.4) is 0 Å². The summed E-state index contributed by atoms with van der Waals surface area (Å²) in [6.07, 6.45) is 1.77. The van der Waals surface area contributed by atoms with Crippen LogP contribution < -0.4 is 10.2 Å². The van der Waals surface area contributed by atoms with Crippen LogP contribution in [0.5, 0.6) is 0 Å². The van der Waals surface area contributed by atoms with Crippen LogP contribution in [0.1, 0.15) is 40.5 Å². The number of halogens is 1. The van der Waals surface area contributed by atoms with Crippen LogP contribution in [0.2, 0.25) is 5.28 Å². The summed E-state index contributed by atoms with van der Waals surface area (Å²) in [6, 6.07) is 0. The van der Waals surface area contributed by atoms with Crippen molar-refractivity contribution in [1.29, 1.82) is 0 Å². The normalized spacial score (nSPS) is 11.5. The van der Waals surface area contributed by atoms with E-state index in [1.807, 2.05) is 18.7 Å². The summed E-state index contributed by atoms with van der Waals surface area (Å²) in [5, 5.41) is 13.0. The zero-order chi connectivity index (χ0) is 15.9.